The van der Waals surface area contributed by atoms with Gasteiger partial charge in [0.2, 0.25) is 0 Å². The van der Waals surface area contributed by atoms with E-state index in [1.165, 1.54) is 0 Å². The van der Waals surface area contributed by atoms with E-state index in [4.69, 9.17) is 9.47 Å². The molecule has 0 aliphatic carbocycles. The van der Waals surface area contributed by atoms with Gasteiger partial charge in [0.15, 0.2) is 17.3 Å². The second kappa shape index (κ2) is 4.04. The second-order valence-corrected chi connectivity index (χ2v) is 3.82. The van der Waals surface area contributed by atoms with Crippen molar-refractivity contribution in [2.75, 3.05) is 32.7 Å². The summed E-state index contributed by atoms with van der Waals surface area (Å²) in [6, 6.07) is 3.61. The number of ketones is 1. The maximum Gasteiger partial charge on any atom is 0.166 e. The first-order valence-electron chi connectivity index (χ1n) is 5.17. The Kier molecular flexibility index (Phi) is 2.73. The Hall–Kier alpha value is -1.71. The lowest BCUT2D eigenvalue weighted by Crippen LogP contribution is -2.28. The fourth-order valence-electron chi connectivity index (χ4n) is 1.93. The summed E-state index contributed by atoms with van der Waals surface area (Å²) >= 11 is 0. The van der Waals surface area contributed by atoms with Gasteiger partial charge in [-0.05, 0) is 6.07 Å². The first-order valence-corrected chi connectivity index (χ1v) is 5.17. The Morgan fingerprint density at radius 2 is 1.81 bits per heavy atom. The van der Waals surface area contributed by atoms with E-state index in [0.717, 1.165) is 12.2 Å². The highest BCUT2D eigenvalue weighted by Gasteiger charge is 2.23. The molecule has 0 spiro atoms. The summed E-state index contributed by atoms with van der Waals surface area (Å²) < 4.78 is 10.4. The van der Waals surface area contributed by atoms with Crippen LogP contribution in [0.3, 0.4) is 0 Å². The highest BCUT2D eigenvalue weighted by molar-refractivity contribution is 6.04. The van der Waals surface area contributed by atoms with Crippen LogP contribution in [0.1, 0.15) is 16.8 Å². The van der Waals surface area contributed by atoms with Crippen LogP contribution in [-0.2, 0) is 0 Å². The third-order valence-corrected chi connectivity index (χ3v) is 2.89. The lowest BCUT2D eigenvalue weighted by Gasteiger charge is -2.27. The van der Waals surface area contributed by atoms with Gasteiger partial charge in [-0.3, -0.25) is 4.79 Å². The molecule has 1 aromatic rings. The number of Topliss-reactive ketones (excluding diaryl/α,β-unsaturated/α-hetero) is 1. The van der Waals surface area contributed by atoms with E-state index in [-0.39, 0.29) is 5.78 Å². The number of hydrogen-bond donors (Lipinski definition) is 0. The maximum atomic E-state index is 11.8. The molecule has 0 atom stereocenters. The average Bonchev–Trinajstić information content (AvgIpc) is 2.32. The van der Waals surface area contributed by atoms with Crippen LogP contribution in [0.25, 0.3) is 0 Å². The van der Waals surface area contributed by atoms with Gasteiger partial charge in [0.25, 0.3) is 0 Å². The lowest BCUT2D eigenvalue weighted by molar-refractivity contribution is 0.0980. The Balaban J connectivity index is 2.58. The number of methoxy groups -OCH3 is 2. The number of hydrogen-bond acceptors (Lipinski definition) is 4. The van der Waals surface area contributed by atoms with E-state index >= 15 is 0 Å². The lowest BCUT2D eigenvalue weighted by atomic mass is 10.00. The largest absolute Gasteiger partial charge is 0.493 e. The van der Waals surface area contributed by atoms with Crippen LogP contribution in [-0.4, -0.2) is 33.6 Å². The summed E-state index contributed by atoms with van der Waals surface area (Å²) in [7, 11) is 5.13. The number of carbonyl (C=O) groups excluding carboxylic acids is 1. The molecule has 0 N–H and O–H groups in total. The number of fused-ring (bicyclic) bond motifs is 1. The van der Waals surface area contributed by atoms with E-state index in [2.05, 4.69) is 4.90 Å². The Labute approximate surface area is 94.8 Å². The fourth-order valence-corrected chi connectivity index (χ4v) is 1.93. The summed E-state index contributed by atoms with van der Waals surface area (Å²) in [6.45, 7) is 0.751. The predicted molar refractivity (Wildman–Crippen MR) is 61.8 cm³/mol. The van der Waals surface area contributed by atoms with Crippen LogP contribution in [0.4, 0.5) is 5.69 Å². The zero-order valence-electron chi connectivity index (χ0n) is 9.74. The molecule has 0 saturated carbocycles. The van der Waals surface area contributed by atoms with Crippen molar-refractivity contribution >= 4 is 11.5 Å². The van der Waals surface area contributed by atoms with Gasteiger partial charge in [0.05, 0.1) is 19.9 Å². The molecule has 2 rings (SSSR count). The molecule has 1 aliphatic rings. The summed E-state index contributed by atoms with van der Waals surface area (Å²) in [5.41, 5.74) is 1.63. The zero-order valence-corrected chi connectivity index (χ0v) is 9.74. The second-order valence-electron chi connectivity index (χ2n) is 3.82. The molecule has 4 heteroatoms. The topological polar surface area (TPSA) is 38.8 Å². The minimum atomic E-state index is 0.161. The molecule has 16 heavy (non-hydrogen) atoms. The van der Waals surface area contributed by atoms with Crippen LogP contribution >= 0.6 is 0 Å². The van der Waals surface area contributed by atoms with Crippen molar-refractivity contribution in [3.8, 4) is 11.5 Å². The highest BCUT2D eigenvalue weighted by atomic mass is 16.5. The highest BCUT2D eigenvalue weighted by Crippen LogP contribution is 2.37. The van der Waals surface area contributed by atoms with Crippen LogP contribution in [0, 0.1) is 0 Å². The zero-order chi connectivity index (χ0) is 11.7. The van der Waals surface area contributed by atoms with Gasteiger partial charge in [-0.15, -0.1) is 0 Å². The molecule has 0 fully saturated rings. The third-order valence-electron chi connectivity index (χ3n) is 2.89. The molecule has 0 radical (unpaired) electrons. The Morgan fingerprint density at radius 1 is 1.19 bits per heavy atom. The van der Waals surface area contributed by atoms with Gasteiger partial charge in [-0.1, -0.05) is 0 Å². The monoisotopic (exact) mass is 221 g/mol. The van der Waals surface area contributed by atoms with Crippen LogP contribution in [0.5, 0.6) is 11.5 Å². The van der Waals surface area contributed by atoms with Gasteiger partial charge in [-0.25, -0.2) is 0 Å². The van der Waals surface area contributed by atoms with Gasteiger partial charge >= 0.3 is 0 Å². The van der Waals surface area contributed by atoms with Crippen molar-refractivity contribution in [3.63, 3.8) is 0 Å². The van der Waals surface area contributed by atoms with Crippen molar-refractivity contribution < 1.29 is 14.3 Å². The molecule has 0 saturated heterocycles. The van der Waals surface area contributed by atoms with Crippen molar-refractivity contribution in [2.24, 2.45) is 0 Å². The summed E-state index contributed by atoms with van der Waals surface area (Å²) in [5.74, 6) is 1.42. The molecular formula is C12H15NO3. The quantitative estimate of drug-likeness (QED) is 0.762. The summed E-state index contributed by atoms with van der Waals surface area (Å²) in [4.78, 5) is 13.8. The van der Waals surface area contributed by atoms with E-state index < -0.39 is 0 Å². The molecule has 0 aromatic heterocycles. The Bertz CT molecular complexity index is 429. The van der Waals surface area contributed by atoms with Gasteiger partial charge in [0, 0.05) is 31.6 Å². The van der Waals surface area contributed by atoms with E-state index in [1.807, 2.05) is 13.1 Å². The smallest absolute Gasteiger partial charge is 0.166 e. The molecule has 86 valence electrons. The fraction of sp³-hybridized carbons (Fsp3) is 0.417. The number of rotatable bonds is 2. The van der Waals surface area contributed by atoms with Crippen molar-refractivity contribution in [1.82, 2.24) is 0 Å². The van der Waals surface area contributed by atoms with E-state index in [9.17, 15) is 4.79 Å². The number of carbonyl (C=O) groups is 1. The van der Waals surface area contributed by atoms with E-state index in [1.54, 1.807) is 20.3 Å². The molecule has 0 amide bonds. The standard InChI is InChI=1S/C12H15NO3/c1-13-5-4-10(14)8-6-11(15-2)12(16-3)7-9(8)13/h6-7H,4-5H2,1-3H3. The first kappa shape index (κ1) is 10.8. The van der Waals surface area contributed by atoms with Crippen molar-refractivity contribution in [3.05, 3.63) is 17.7 Å². The summed E-state index contributed by atoms with van der Waals surface area (Å²) in [5, 5.41) is 0. The van der Waals surface area contributed by atoms with Gasteiger partial charge in [0.1, 0.15) is 0 Å². The van der Waals surface area contributed by atoms with Gasteiger partial charge < -0.3 is 14.4 Å². The van der Waals surface area contributed by atoms with Crippen LogP contribution in [0.2, 0.25) is 0 Å². The molecule has 1 aromatic carbocycles. The first-order chi connectivity index (χ1) is 7.67. The molecule has 0 bridgehead atoms. The maximum absolute atomic E-state index is 11.8. The molecule has 1 heterocycles. The van der Waals surface area contributed by atoms with Crippen molar-refractivity contribution in [2.45, 2.75) is 6.42 Å². The molecule has 4 nitrogen and oxygen atoms in total. The minimum Gasteiger partial charge on any atom is -0.493 e. The SMILES string of the molecule is COc1cc2c(cc1OC)N(C)CCC2=O. The number of anilines is 1. The normalized spacial score (nSPS) is 14.7. The van der Waals surface area contributed by atoms with Gasteiger partial charge in [-0.2, -0.15) is 0 Å². The molecule has 1 aliphatic heterocycles. The number of ether oxygens (including phenoxy) is 2. The summed E-state index contributed by atoms with van der Waals surface area (Å²) in [6.07, 6.45) is 0.555. The van der Waals surface area contributed by atoms with Crippen LogP contribution in [0.15, 0.2) is 12.1 Å². The van der Waals surface area contributed by atoms with Crippen LogP contribution < -0.4 is 14.4 Å². The minimum absolute atomic E-state index is 0.161. The molecular weight excluding hydrogens is 206 g/mol. The number of benzene rings is 1. The Morgan fingerprint density at radius 3 is 2.44 bits per heavy atom. The third kappa shape index (κ3) is 1.60. The predicted octanol–water partition coefficient (Wildman–Crippen LogP) is 1.73. The molecule has 0 unspecified atom stereocenters. The average molecular weight is 221 g/mol. The number of nitrogens with zero attached hydrogens (tertiary/aromatic N) is 1. The van der Waals surface area contributed by atoms with Crippen molar-refractivity contribution in [1.29, 1.82) is 0 Å². The van der Waals surface area contributed by atoms with E-state index in [0.29, 0.717) is 23.5 Å².